The Morgan fingerprint density at radius 1 is 1.42 bits per heavy atom. The number of fused-ring (bicyclic) bond motifs is 1. The molecule has 1 aliphatic carbocycles. The number of benzene rings is 1. The van der Waals surface area contributed by atoms with E-state index in [0.717, 1.165) is 3.57 Å². The second-order valence-corrected chi connectivity index (χ2v) is 6.75. The van der Waals surface area contributed by atoms with E-state index in [1.54, 1.807) is 30.7 Å². The fraction of sp³-hybridized carbons (Fsp3) is 0.294. The molecule has 0 aliphatic heterocycles. The smallest absolute Gasteiger partial charge is 0.342 e. The van der Waals surface area contributed by atoms with Gasteiger partial charge in [-0.15, -0.1) is 0 Å². The molecule has 0 bridgehead atoms. The van der Waals surface area contributed by atoms with Crippen LogP contribution in [0.15, 0.2) is 18.2 Å². The largest absolute Gasteiger partial charge is 0.462 e. The molecule has 1 heterocycles. The molecule has 0 amide bonds. The molecule has 0 fully saturated rings. The molecule has 1 aromatic heterocycles. The van der Waals surface area contributed by atoms with Crippen molar-refractivity contribution in [1.29, 1.82) is 0 Å². The van der Waals surface area contributed by atoms with Crippen molar-refractivity contribution in [3.63, 3.8) is 0 Å². The van der Waals surface area contributed by atoms with E-state index < -0.39 is 11.8 Å². The first kappa shape index (κ1) is 16.9. The molecular formula is C17H16FIN2O3. The van der Waals surface area contributed by atoms with Crippen molar-refractivity contribution in [3.8, 4) is 0 Å². The van der Waals surface area contributed by atoms with Gasteiger partial charge in [-0.3, -0.25) is 4.79 Å². The molecule has 1 N–H and O–H groups in total. The first-order chi connectivity index (χ1) is 11.4. The number of hydrogen-bond donors (Lipinski definition) is 1. The maximum absolute atomic E-state index is 14.2. The molecule has 126 valence electrons. The summed E-state index contributed by atoms with van der Waals surface area (Å²) in [4.78, 5) is 24.5. The van der Waals surface area contributed by atoms with Gasteiger partial charge in [0.05, 0.1) is 18.0 Å². The molecule has 0 atom stereocenters. The number of ether oxygens (including phenoxy) is 1. The zero-order valence-electron chi connectivity index (χ0n) is 13.3. The molecule has 0 spiro atoms. The van der Waals surface area contributed by atoms with E-state index >= 15 is 0 Å². The van der Waals surface area contributed by atoms with E-state index in [-0.39, 0.29) is 18.1 Å². The molecule has 1 aliphatic rings. The first-order valence-electron chi connectivity index (χ1n) is 7.58. The Balaban J connectivity index is 2.11. The Labute approximate surface area is 152 Å². The normalized spacial score (nSPS) is 13.1. The predicted molar refractivity (Wildman–Crippen MR) is 96.4 cm³/mol. The number of carbonyl (C=O) groups is 2. The Bertz CT molecular complexity index is 845. The number of carbonyl (C=O) groups excluding carboxylic acids is 2. The van der Waals surface area contributed by atoms with Crippen molar-refractivity contribution in [2.45, 2.75) is 19.8 Å². The average Bonchev–Trinajstić information content (AvgIpc) is 3.02. The maximum Gasteiger partial charge on any atom is 0.342 e. The second kappa shape index (κ2) is 6.54. The summed E-state index contributed by atoms with van der Waals surface area (Å²) in [5.74, 6) is -0.567. The number of ketones is 1. The second-order valence-electron chi connectivity index (χ2n) is 5.50. The van der Waals surface area contributed by atoms with Gasteiger partial charge in [0.25, 0.3) is 0 Å². The highest BCUT2D eigenvalue weighted by molar-refractivity contribution is 14.1. The number of hydrogen-bond acceptors (Lipinski definition) is 4. The Morgan fingerprint density at radius 3 is 2.83 bits per heavy atom. The van der Waals surface area contributed by atoms with Crippen LogP contribution in [0.1, 0.15) is 39.8 Å². The number of anilines is 2. The van der Waals surface area contributed by atoms with Crippen LogP contribution in [0, 0.1) is 9.39 Å². The van der Waals surface area contributed by atoms with E-state index in [1.165, 1.54) is 6.07 Å². The molecule has 0 saturated carbocycles. The van der Waals surface area contributed by atoms with Crippen molar-refractivity contribution >= 4 is 45.8 Å². The first-order valence-corrected chi connectivity index (χ1v) is 8.65. The third-order valence-corrected chi connectivity index (χ3v) is 4.70. The highest BCUT2D eigenvalue weighted by Gasteiger charge is 2.34. The SMILES string of the molecule is CCOC(=O)c1c2c(n(C)c1Nc1ccc(I)cc1F)C(=O)CC2. The zero-order valence-corrected chi connectivity index (χ0v) is 15.4. The molecule has 0 saturated heterocycles. The van der Waals surface area contributed by atoms with Crippen LogP contribution in [-0.2, 0) is 18.2 Å². The lowest BCUT2D eigenvalue weighted by molar-refractivity contribution is 0.0526. The Morgan fingerprint density at radius 2 is 2.17 bits per heavy atom. The number of aromatic nitrogens is 1. The van der Waals surface area contributed by atoms with Gasteiger partial charge >= 0.3 is 5.97 Å². The fourth-order valence-electron chi connectivity index (χ4n) is 2.99. The van der Waals surface area contributed by atoms with Gasteiger partial charge in [0.2, 0.25) is 0 Å². The quantitative estimate of drug-likeness (QED) is 0.578. The van der Waals surface area contributed by atoms with Gasteiger partial charge in [0.1, 0.15) is 17.2 Å². The van der Waals surface area contributed by atoms with E-state index in [2.05, 4.69) is 5.32 Å². The third kappa shape index (κ3) is 2.81. The van der Waals surface area contributed by atoms with Gasteiger partial charge < -0.3 is 14.6 Å². The minimum absolute atomic E-state index is 0.0193. The highest BCUT2D eigenvalue weighted by atomic mass is 127. The van der Waals surface area contributed by atoms with Crippen LogP contribution in [0.2, 0.25) is 0 Å². The van der Waals surface area contributed by atoms with Crippen LogP contribution in [0.4, 0.5) is 15.9 Å². The number of nitrogens with one attached hydrogen (secondary N) is 1. The van der Waals surface area contributed by atoms with Gasteiger partial charge in [-0.2, -0.15) is 0 Å². The van der Waals surface area contributed by atoms with Crippen molar-refractivity contribution in [2.75, 3.05) is 11.9 Å². The summed E-state index contributed by atoms with van der Waals surface area (Å²) in [7, 11) is 1.69. The lowest BCUT2D eigenvalue weighted by Gasteiger charge is -2.13. The fourth-order valence-corrected chi connectivity index (χ4v) is 3.44. The van der Waals surface area contributed by atoms with Crippen LogP contribution in [0.3, 0.4) is 0 Å². The molecule has 0 radical (unpaired) electrons. The molecule has 2 aromatic rings. The van der Waals surface area contributed by atoms with Crippen LogP contribution < -0.4 is 5.32 Å². The predicted octanol–water partition coefficient (Wildman–Crippen LogP) is 3.82. The summed E-state index contributed by atoms with van der Waals surface area (Å²) in [5, 5.41) is 2.96. The van der Waals surface area contributed by atoms with Crippen molar-refractivity contribution < 1.29 is 18.7 Å². The number of halogens is 2. The molecule has 0 unspecified atom stereocenters. The topological polar surface area (TPSA) is 60.3 Å². The molecular weight excluding hydrogens is 426 g/mol. The van der Waals surface area contributed by atoms with Crippen LogP contribution in [-0.4, -0.2) is 22.9 Å². The van der Waals surface area contributed by atoms with Crippen molar-refractivity contribution in [3.05, 3.63) is 44.4 Å². The number of esters is 1. The highest BCUT2D eigenvalue weighted by Crippen LogP contribution is 2.36. The average molecular weight is 442 g/mol. The monoisotopic (exact) mass is 442 g/mol. The van der Waals surface area contributed by atoms with E-state index in [0.29, 0.717) is 35.5 Å². The van der Waals surface area contributed by atoms with E-state index in [1.807, 2.05) is 22.6 Å². The number of nitrogens with zero attached hydrogens (tertiary/aromatic N) is 1. The molecule has 24 heavy (non-hydrogen) atoms. The van der Waals surface area contributed by atoms with Gasteiger partial charge in [0.15, 0.2) is 5.78 Å². The number of rotatable bonds is 4. The molecule has 7 heteroatoms. The summed E-state index contributed by atoms with van der Waals surface area (Å²) in [6.07, 6.45) is 0.871. The van der Waals surface area contributed by atoms with Crippen molar-refractivity contribution in [2.24, 2.45) is 7.05 Å². The van der Waals surface area contributed by atoms with Crippen LogP contribution in [0.5, 0.6) is 0 Å². The van der Waals surface area contributed by atoms with Crippen LogP contribution >= 0.6 is 22.6 Å². The molecule has 3 rings (SSSR count). The summed E-state index contributed by atoms with van der Waals surface area (Å²) in [6, 6.07) is 4.76. The molecule has 1 aromatic carbocycles. The van der Waals surface area contributed by atoms with Gasteiger partial charge in [0, 0.05) is 17.0 Å². The van der Waals surface area contributed by atoms with Gasteiger partial charge in [-0.25, -0.2) is 9.18 Å². The summed E-state index contributed by atoms with van der Waals surface area (Å²) < 4.78 is 21.7. The molecule has 5 nitrogen and oxygen atoms in total. The standard InChI is InChI=1S/C17H16FIN2O3/c1-3-24-17(23)14-10-5-7-13(22)15(10)21(2)16(14)20-12-6-4-9(19)8-11(12)18/h4,6,8,20H,3,5,7H2,1-2H3. The minimum atomic E-state index is -0.502. The Hall–Kier alpha value is -1.90. The van der Waals surface area contributed by atoms with Gasteiger partial charge in [-0.05, 0) is 59.7 Å². The lowest BCUT2D eigenvalue weighted by Crippen LogP contribution is -2.11. The van der Waals surface area contributed by atoms with Crippen molar-refractivity contribution in [1.82, 2.24) is 4.57 Å². The van der Waals surface area contributed by atoms with E-state index in [4.69, 9.17) is 4.74 Å². The van der Waals surface area contributed by atoms with E-state index in [9.17, 15) is 14.0 Å². The Kier molecular flexibility index (Phi) is 4.62. The summed E-state index contributed by atoms with van der Waals surface area (Å²) in [6.45, 7) is 1.95. The number of Topliss-reactive ketones (excluding diaryl/α,β-unsaturated/α-hetero) is 1. The van der Waals surface area contributed by atoms with Gasteiger partial charge in [-0.1, -0.05) is 0 Å². The summed E-state index contributed by atoms with van der Waals surface area (Å²) >= 11 is 2.02. The maximum atomic E-state index is 14.2. The van der Waals surface area contributed by atoms with Crippen LogP contribution in [0.25, 0.3) is 0 Å². The third-order valence-electron chi connectivity index (χ3n) is 4.03. The lowest BCUT2D eigenvalue weighted by atomic mass is 10.1. The minimum Gasteiger partial charge on any atom is -0.462 e. The zero-order chi connectivity index (χ0) is 17.4. The summed E-state index contributed by atoms with van der Waals surface area (Å²) in [5.41, 5.74) is 1.73.